The molecule has 3 N–H and O–H groups in total. The van der Waals surface area contributed by atoms with Crippen molar-refractivity contribution in [2.75, 3.05) is 13.6 Å². The first-order valence-electron chi connectivity index (χ1n) is 8.20. The smallest absolute Gasteiger partial charge is 0.191 e. The number of halogens is 2. The molecule has 0 aliphatic heterocycles. The van der Waals surface area contributed by atoms with E-state index in [0.29, 0.717) is 24.6 Å². The van der Waals surface area contributed by atoms with Crippen molar-refractivity contribution in [2.45, 2.75) is 24.8 Å². The second kappa shape index (κ2) is 7.09. The molecule has 0 bridgehead atoms. The molecule has 1 aliphatic carbocycles. The van der Waals surface area contributed by atoms with E-state index >= 15 is 0 Å². The molecule has 132 valence electrons. The average molecular weight is 345 g/mol. The van der Waals surface area contributed by atoms with Crippen molar-refractivity contribution in [1.82, 2.24) is 10.6 Å². The van der Waals surface area contributed by atoms with Gasteiger partial charge in [0, 0.05) is 25.6 Å². The van der Waals surface area contributed by atoms with Gasteiger partial charge in [0.05, 0.1) is 0 Å². The molecule has 0 saturated heterocycles. The van der Waals surface area contributed by atoms with Crippen LogP contribution in [0, 0.1) is 11.6 Å². The number of rotatable bonds is 5. The second-order valence-corrected chi connectivity index (χ2v) is 6.36. The number of guanidine groups is 1. The molecule has 0 atom stereocenters. The quantitative estimate of drug-likeness (QED) is 0.577. The first-order valence-corrected chi connectivity index (χ1v) is 8.20. The lowest BCUT2D eigenvalue weighted by Gasteiger charge is -2.19. The molecule has 4 nitrogen and oxygen atoms in total. The monoisotopic (exact) mass is 345 g/mol. The summed E-state index contributed by atoms with van der Waals surface area (Å²) in [6, 6.07) is 11.0. The van der Waals surface area contributed by atoms with Crippen LogP contribution in [0.3, 0.4) is 0 Å². The fourth-order valence-corrected chi connectivity index (χ4v) is 2.86. The van der Waals surface area contributed by atoms with Crippen LogP contribution in [0.2, 0.25) is 0 Å². The molecule has 0 heterocycles. The Morgan fingerprint density at radius 3 is 2.60 bits per heavy atom. The largest absolute Gasteiger partial charge is 0.505 e. The van der Waals surface area contributed by atoms with Gasteiger partial charge in [-0.3, -0.25) is 4.99 Å². The first-order chi connectivity index (χ1) is 12.0. The number of aromatic hydroxyl groups is 1. The highest BCUT2D eigenvalue weighted by Crippen LogP contribution is 2.47. The van der Waals surface area contributed by atoms with Gasteiger partial charge in [-0.15, -0.1) is 0 Å². The number of benzene rings is 2. The maximum absolute atomic E-state index is 13.5. The van der Waals surface area contributed by atoms with E-state index in [-0.39, 0.29) is 17.0 Å². The fourth-order valence-electron chi connectivity index (χ4n) is 2.86. The summed E-state index contributed by atoms with van der Waals surface area (Å²) in [4.78, 5) is 4.16. The Kier molecular flexibility index (Phi) is 4.88. The van der Waals surface area contributed by atoms with Crippen LogP contribution in [0.1, 0.15) is 24.0 Å². The first kappa shape index (κ1) is 17.2. The minimum Gasteiger partial charge on any atom is -0.505 e. The van der Waals surface area contributed by atoms with Crippen molar-refractivity contribution in [1.29, 1.82) is 0 Å². The third-order valence-corrected chi connectivity index (χ3v) is 4.58. The lowest BCUT2D eigenvalue weighted by Crippen LogP contribution is -2.40. The molecule has 0 unspecified atom stereocenters. The highest BCUT2D eigenvalue weighted by Gasteiger charge is 2.44. The van der Waals surface area contributed by atoms with Crippen LogP contribution in [-0.2, 0) is 12.0 Å². The molecule has 3 rings (SSSR count). The van der Waals surface area contributed by atoms with Gasteiger partial charge in [0.15, 0.2) is 17.5 Å². The van der Waals surface area contributed by atoms with Gasteiger partial charge < -0.3 is 15.7 Å². The molecular formula is C19H21F2N3O. The molecular weight excluding hydrogens is 324 g/mol. The van der Waals surface area contributed by atoms with Crippen molar-refractivity contribution in [3.05, 3.63) is 65.2 Å². The van der Waals surface area contributed by atoms with E-state index in [2.05, 4.69) is 15.6 Å². The lowest BCUT2D eigenvalue weighted by molar-refractivity contribution is 0.431. The van der Waals surface area contributed by atoms with Crippen molar-refractivity contribution in [2.24, 2.45) is 4.99 Å². The van der Waals surface area contributed by atoms with E-state index in [0.717, 1.165) is 18.4 Å². The summed E-state index contributed by atoms with van der Waals surface area (Å²) in [5, 5.41) is 15.6. The van der Waals surface area contributed by atoms with Gasteiger partial charge in [-0.25, -0.2) is 8.78 Å². The van der Waals surface area contributed by atoms with Crippen LogP contribution in [0.15, 0.2) is 47.5 Å². The van der Waals surface area contributed by atoms with E-state index in [9.17, 15) is 13.9 Å². The van der Waals surface area contributed by atoms with E-state index in [1.54, 1.807) is 25.2 Å². The van der Waals surface area contributed by atoms with E-state index in [1.165, 1.54) is 18.2 Å². The highest BCUT2D eigenvalue weighted by molar-refractivity contribution is 5.79. The maximum Gasteiger partial charge on any atom is 0.191 e. The Morgan fingerprint density at radius 2 is 1.96 bits per heavy atom. The summed E-state index contributed by atoms with van der Waals surface area (Å²) >= 11 is 0. The lowest BCUT2D eigenvalue weighted by atomic mass is 9.96. The Morgan fingerprint density at radius 1 is 1.16 bits per heavy atom. The predicted octanol–water partition coefficient (Wildman–Crippen LogP) is 3.07. The van der Waals surface area contributed by atoms with Crippen molar-refractivity contribution in [3.63, 3.8) is 0 Å². The SMILES string of the molecule is CN=C(NCc1ccc(O)c(F)c1)NCC1(c2cccc(F)c2)CC1. The Bertz CT molecular complexity index is 788. The molecule has 0 spiro atoms. The minimum atomic E-state index is -0.648. The van der Waals surface area contributed by atoms with Crippen LogP contribution in [0.5, 0.6) is 5.75 Å². The minimum absolute atomic E-state index is 0.0512. The molecule has 1 saturated carbocycles. The third kappa shape index (κ3) is 4.07. The second-order valence-electron chi connectivity index (χ2n) is 6.36. The van der Waals surface area contributed by atoms with Crippen LogP contribution in [0.25, 0.3) is 0 Å². The molecule has 6 heteroatoms. The van der Waals surface area contributed by atoms with Crippen LogP contribution in [-0.4, -0.2) is 24.7 Å². The number of nitrogens with zero attached hydrogens (tertiary/aromatic N) is 1. The number of phenols is 1. The molecule has 1 aliphatic rings. The van der Waals surface area contributed by atoms with Crippen LogP contribution in [0.4, 0.5) is 8.78 Å². The van der Waals surface area contributed by atoms with Crippen LogP contribution < -0.4 is 10.6 Å². The summed E-state index contributed by atoms with van der Waals surface area (Å²) in [6.45, 7) is 1.03. The van der Waals surface area contributed by atoms with Crippen molar-refractivity contribution < 1.29 is 13.9 Å². The van der Waals surface area contributed by atoms with Gasteiger partial charge in [-0.1, -0.05) is 18.2 Å². The molecule has 2 aromatic rings. The Hall–Kier alpha value is -2.63. The summed E-state index contributed by atoms with van der Waals surface area (Å²) in [5.41, 5.74) is 1.64. The summed E-state index contributed by atoms with van der Waals surface area (Å²) in [7, 11) is 1.66. The van der Waals surface area contributed by atoms with Gasteiger partial charge >= 0.3 is 0 Å². The highest BCUT2D eigenvalue weighted by atomic mass is 19.1. The topological polar surface area (TPSA) is 56.7 Å². The molecule has 2 aromatic carbocycles. The van der Waals surface area contributed by atoms with Gasteiger partial charge in [-0.05, 0) is 48.2 Å². The number of hydrogen-bond acceptors (Lipinski definition) is 2. The van der Waals surface area contributed by atoms with E-state index in [4.69, 9.17) is 0 Å². The summed E-state index contributed by atoms with van der Waals surface area (Å²) in [6.07, 6.45) is 2.01. The molecule has 0 aromatic heterocycles. The number of aliphatic imine (C=N–C) groups is 1. The van der Waals surface area contributed by atoms with Crippen molar-refractivity contribution in [3.8, 4) is 5.75 Å². The van der Waals surface area contributed by atoms with Gasteiger partial charge in [0.25, 0.3) is 0 Å². The van der Waals surface area contributed by atoms with Crippen molar-refractivity contribution >= 4 is 5.96 Å². The molecule has 1 fully saturated rings. The van der Waals surface area contributed by atoms with Gasteiger partial charge in [-0.2, -0.15) is 0 Å². The summed E-state index contributed by atoms with van der Waals surface area (Å²) < 4.78 is 26.8. The third-order valence-electron chi connectivity index (χ3n) is 4.58. The van der Waals surface area contributed by atoms with Gasteiger partial charge in [0.2, 0.25) is 0 Å². The van der Waals surface area contributed by atoms with E-state index < -0.39 is 5.82 Å². The Balaban J connectivity index is 1.57. The average Bonchev–Trinajstić information content (AvgIpc) is 3.39. The fraction of sp³-hybridized carbons (Fsp3) is 0.316. The molecule has 0 radical (unpaired) electrons. The predicted molar refractivity (Wildman–Crippen MR) is 93.6 cm³/mol. The van der Waals surface area contributed by atoms with Crippen LogP contribution >= 0.6 is 0 Å². The molecule has 25 heavy (non-hydrogen) atoms. The van der Waals surface area contributed by atoms with Gasteiger partial charge in [0.1, 0.15) is 5.82 Å². The summed E-state index contributed by atoms with van der Waals surface area (Å²) in [5.74, 6) is -0.640. The number of phenolic OH excluding ortho intramolecular Hbond substituents is 1. The molecule has 0 amide bonds. The zero-order valence-electron chi connectivity index (χ0n) is 14.0. The number of hydrogen-bond donors (Lipinski definition) is 3. The Labute approximate surface area is 145 Å². The normalized spacial score (nSPS) is 15.7. The van der Waals surface area contributed by atoms with E-state index in [1.807, 2.05) is 6.07 Å². The number of nitrogens with one attached hydrogen (secondary N) is 2. The zero-order chi connectivity index (χ0) is 17.9. The standard InChI is InChI=1S/C19H21F2N3O/c1-22-18(23-11-13-5-6-17(25)16(21)9-13)24-12-19(7-8-19)14-3-2-4-15(20)10-14/h2-6,9-10,25H,7-8,11-12H2,1H3,(H2,22,23,24). The maximum atomic E-state index is 13.5. The zero-order valence-corrected chi connectivity index (χ0v) is 14.0.